The zero-order valence-corrected chi connectivity index (χ0v) is 13.3. The quantitative estimate of drug-likeness (QED) is 0.913. The van der Waals surface area contributed by atoms with Crippen LogP contribution in [0, 0.1) is 0 Å². The van der Waals surface area contributed by atoms with Crippen molar-refractivity contribution in [3.63, 3.8) is 0 Å². The van der Waals surface area contributed by atoms with Crippen LogP contribution in [0.3, 0.4) is 0 Å². The van der Waals surface area contributed by atoms with Gasteiger partial charge in [0.15, 0.2) is 5.69 Å². The van der Waals surface area contributed by atoms with Crippen molar-refractivity contribution in [3.8, 4) is 0 Å². The second-order valence-corrected chi connectivity index (χ2v) is 5.77. The maximum Gasteiger partial charge on any atom is 0.435 e. The van der Waals surface area contributed by atoms with E-state index >= 15 is 0 Å². The van der Waals surface area contributed by atoms with Crippen molar-refractivity contribution in [2.24, 2.45) is 7.05 Å². The van der Waals surface area contributed by atoms with E-state index < -0.39 is 23.3 Å². The van der Waals surface area contributed by atoms with E-state index in [1.165, 1.54) is 7.05 Å². The number of nitrogens with zero attached hydrogens (tertiary/aromatic N) is 5. The average Bonchev–Trinajstić information content (AvgIpc) is 3.09. The topological polar surface area (TPSA) is 77.6 Å². The number of nitrogens with one attached hydrogen (secondary N) is 1. The lowest BCUT2D eigenvalue weighted by molar-refractivity contribution is -0.141. The predicted molar refractivity (Wildman–Crippen MR) is 77.2 cm³/mol. The number of aryl methyl sites for hydroxylation is 3. The van der Waals surface area contributed by atoms with Gasteiger partial charge in [0.05, 0.1) is 5.56 Å². The predicted octanol–water partition coefficient (Wildman–Crippen LogP) is 1.34. The molecule has 0 radical (unpaired) electrons. The number of hydrogen-bond donors (Lipinski definition) is 1. The molecule has 10 heteroatoms. The number of carbonyl (C=O) groups is 1. The number of rotatable bonds is 3. The van der Waals surface area contributed by atoms with E-state index in [0.717, 1.165) is 22.5 Å². The molecule has 130 valence electrons. The summed E-state index contributed by atoms with van der Waals surface area (Å²) < 4.78 is 41.8. The van der Waals surface area contributed by atoms with Gasteiger partial charge in [0.25, 0.3) is 5.91 Å². The number of halogens is 3. The standard InChI is InChI=1S/C14H17F3N6O/c1-3-10-19-20-11-5-4-8(6-23(10)11)18-13(24)9-7-22(2)21-12(9)14(15,16)17/h7-8H,3-6H2,1-2H3,(H,18,24)/t8-/m0/s1. The Morgan fingerprint density at radius 1 is 1.42 bits per heavy atom. The summed E-state index contributed by atoms with van der Waals surface area (Å²) in [7, 11) is 1.35. The Balaban J connectivity index is 1.77. The minimum atomic E-state index is -4.67. The fraction of sp³-hybridized carbons (Fsp3) is 0.571. The molecule has 0 saturated heterocycles. The van der Waals surface area contributed by atoms with Gasteiger partial charge in [-0.3, -0.25) is 9.48 Å². The first kappa shape index (κ1) is 16.5. The summed E-state index contributed by atoms with van der Waals surface area (Å²) in [5, 5.41) is 14.2. The molecule has 1 atom stereocenters. The van der Waals surface area contributed by atoms with Crippen molar-refractivity contribution < 1.29 is 18.0 Å². The first-order chi connectivity index (χ1) is 11.3. The van der Waals surface area contributed by atoms with Crippen LogP contribution in [0.15, 0.2) is 6.20 Å². The third-order valence-electron chi connectivity index (χ3n) is 4.02. The van der Waals surface area contributed by atoms with Gasteiger partial charge in [-0.25, -0.2) is 0 Å². The van der Waals surface area contributed by atoms with Gasteiger partial charge < -0.3 is 9.88 Å². The zero-order chi connectivity index (χ0) is 17.5. The van der Waals surface area contributed by atoms with Gasteiger partial charge in [-0.05, 0) is 6.42 Å². The molecule has 1 aliphatic rings. The van der Waals surface area contributed by atoms with E-state index in [0.29, 0.717) is 25.8 Å². The Labute approximate surface area is 135 Å². The van der Waals surface area contributed by atoms with Gasteiger partial charge in [0.1, 0.15) is 11.6 Å². The van der Waals surface area contributed by atoms with Crippen LogP contribution in [0.5, 0.6) is 0 Å². The molecular weight excluding hydrogens is 325 g/mol. The molecule has 24 heavy (non-hydrogen) atoms. The molecular formula is C14H17F3N6O. The number of hydrogen-bond acceptors (Lipinski definition) is 4. The molecule has 2 aromatic heterocycles. The van der Waals surface area contributed by atoms with E-state index in [9.17, 15) is 18.0 Å². The summed E-state index contributed by atoms with van der Waals surface area (Å²) in [4.78, 5) is 12.3. The number of fused-ring (bicyclic) bond motifs is 1. The second kappa shape index (κ2) is 5.91. The fourth-order valence-corrected chi connectivity index (χ4v) is 2.89. The minimum absolute atomic E-state index is 0.271. The molecule has 1 aliphatic heterocycles. The van der Waals surface area contributed by atoms with Crippen molar-refractivity contribution in [1.29, 1.82) is 0 Å². The molecule has 0 unspecified atom stereocenters. The Kier molecular flexibility index (Phi) is 4.06. The normalized spacial score (nSPS) is 17.6. The van der Waals surface area contributed by atoms with Crippen molar-refractivity contribution >= 4 is 5.91 Å². The minimum Gasteiger partial charge on any atom is -0.347 e. The zero-order valence-electron chi connectivity index (χ0n) is 13.3. The molecule has 7 nitrogen and oxygen atoms in total. The molecule has 0 bridgehead atoms. The van der Waals surface area contributed by atoms with E-state index in [1.54, 1.807) is 0 Å². The Morgan fingerprint density at radius 2 is 2.17 bits per heavy atom. The Hall–Kier alpha value is -2.39. The molecule has 0 spiro atoms. The molecule has 1 amide bonds. The van der Waals surface area contributed by atoms with Crippen LogP contribution in [-0.4, -0.2) is 36.5 Å². The van der Waals surface area contributed by atoms with Crippen molar-refractivity contribution in [2.75, 3.05) is 0 Å². The number of aromatic nitrogens is 5. The van der Waals surface area contributed by atoms with Crippen LogP contribution in [0.25, 0.3) is 0 Å². The first-order valence-electron chi connectivity index (χ1n) is 7.62. The highest BCUT2D eigenvalue weighted by Crippen LogP contribution is 2.30. The maximum absolute atomic E-state index is 13.0. The molecule has 0 fully saturated rings. The Morgan fingerprint density at radius 3 is 2.83 bits per heavy atom. The van der Waals surface area contributed by atoms with Gasteiger partial charge >= 0.3 is 6.18 Å². The third kappa shape index (κ3) is 3.00. The van der Waals surface area contributed by atoms with Crippen LogP contribution >= 0.6 is 0 Å². The fourth-order valence-electron chi connectivity index (χ4n) is 2.89. The summed E-state index contributed by atoms with van der Waals surface area (Å²) in [5.41, 5.74) is -1.63. The second-order valence-electron chi connectivity index (χ2n) is 5.77. The Bertz CT molecular complexity index is 750. The highest BCUT2D eigenvalue weighted by atomic mass is 19.4. The summed E-state index contributed by atoms with van der Waals surface area (Å²) >= 11 is 0. The lowest BCUT2D eigenvalue weighted by Crippen LogP contribution is -2.41. The van der Waals surface area contributed by atoms with Crippen molar-refractivity contribution in [1.82, 2.24) is 29.9 Å². The maximum atomic E-state index is 13.0. The number of amides is 1. The summed E-state index contributed by atoms with van der Waals surface area (Å²) in [6, 6.07) is -0.271. The number of alkyl halides is 3. The lowest BCUT2D eigenvalue weighted by Gasteiger charge is -2.25. The van der Waals surface area contributed by atoms with Crippen LogP contribution in [-0.2, 0) is 32.6 Å². The van der Waals surface area contributed by atoms with Crippen LogP contribution in [0.2, 0.25) is 0 Å². The summed E-state index contributed by atoms with van der Waals surface area (Å²) in [5.74, 6) is 0.881. The third-order valence-corrected chi connectivity index (χ3v) is 4.02. The molecule has 3 heterocycles. The van der Waals surface area contributed by atoms with Gasteiger partial charge in [-0.2, -0.15) is 18.3 Å². The van der Waals surface area contributed by atoms with Crippen LogP contribution in [0.4, 0.5) is 13.2 Å². The molecule has 0 saturated carbocycles. The first-order valence-corrected chi connectivity index (χ1v) is 7.62. The molecule has 2 aromatic rings. The molecule has 0 aliphatic carbocycles. The largest absolute Gasteiger partial charge is 0.435 e. The highest BCUT2D eigenvalue weighted by Gasteiger charge is 2.39. The van der Waals surface area contributed by atoms with Gasteiger partial charge in [-0.1, -0.05) is 6.92 Å². The van der Waals surface area contributed by atoms with Gasteiger partial charge in [-0.15, -0.1) is 10.2 Å². The molecule has 1 N–H and O–H groups in total. The van der Waals surface area contributed by atoms with Crippen LogP contribution < -0.4 is 5.32 Å². The van der Waals surface area contributed by atoms with E-state index in [1.807, 2.05) is 11.5 Å². The number of carbonyl (C=O) groups excluding carboxylic acids is 1. The molecule has 3 rings (SSSR count). The SMILES string of the molecule is CCc1nnc2n1C[C@@H](NC(=O)c1cn(C)nc1C(F)(F)F)CC2. The summed E-state index contributed by atoms with van der Waals surface area (Å²) in [6.45, 7) is 2.41. The van der Waals surface area contributed by atoms with Gasteiger partial charge in [0, 0.05) is 38.7 Å². The molecule has 0 aromatic carbocycles. The highest BCUT2D eigenvalue weighted by molar-refractivity contribution is 5.95. The smallest absolute Gasteiger partial charge is 0.347 e. The lowest BCUT2D eigenvalue weighted by atomic mass is 10.1. The monoisotopic (exact) mass is 342 g/mol. The average molecular weight is 342 g/mol. The van der Waals surface area contributed by atoms with E-state index in [-0.39, 0.29) is 6.04 Å². The van der Waals surface area contributed by atoms with Crippen molar-refractivity contribution in [2.45, 2.75) is 44.9 Å². The summed E-state index contributed by atoms with van der Waals surface area (Å²) in [6.07, 6.45) is -1.65. The van der Waals surface area contributed by atoms with Crippen molar-refractivity contribution in [3.05, 3.63) is 29.1 Å². The van der Waals surface area contributed by atoms with E-state index in [4.69, 9.17) is 0 Å². The van der Waals surface area contributed by atoms with Crippen LogP contribution in [0.1, 0.15) is 41.0 Å². The van der Waals surface area contributed by atoms with Gasteiger partial charge in [0.2, 0.25) is 0 Å². The van der Waals surface area contributed by atoms with E-state index in [2.05, 4.69) is 20.6 Å².